The summed E-state index contributed by atoms with van der Waals surface area (Å²) in [5, 5.41) is 3.94. The molecule has 8 atom stereocenters. The van der Waals surface area contributed by atoms with Crippen molar-refractivity contribution in [1.82, 2.24) is 0 Å². The van der Waals surface area contributed by atoms with E-state index >= 15 is 0 Å². The number of allylic oxidation sites excluding steroid dienone is 2. The third-order valence-electron chi connectivity index (χ3n) is 5.74. The predicted molar refractivity (Wildman–Crippen MR) is 76.6 cm³/mol. The SMILES string of the molecule is COC(=O)[C@@H]1[C@@H]2C=C[C@H]([C@@H]1C(=O)OC)[C@H]1[C@@H](N=[N+]=[N-])[C@@H]([Hg][Cl])[C@@H]21. The third-order valence-corrected chi connectivity index (χ3v) is 14.2. The molecule has 0 amide bonds. The quantitative estimate of drug-likeness (QED) is 0.140. The Balaban J connectivity index is 2.01. The van der Waals surface area contributed by atoms with E-state index < -0.39 is 41.1 Å². The summed E-state index contributed by atoms with van der Waals surface area (Å²) in [6.07, 6.45) is 4.00. The van der Waals surface area contributed by atoms with Crippen LogP contribution in [0.25, 0.3) is 10.4 Å². The fourth-order valence-corrected chi connectivity index (χ4v) is 13.9. The predicted octanol–water partition coefficient (Wildman–Crippen LogP) is 2.33. The van der Waals surface area contributed by atoms with Crippen molar-refractivity contribution in [2.75, 3.05) is 14.2 Å². The molecule has 2 fully saturated rings. The van der Waals surface area contributed by atoms with Crippen molar-refractivity contribution in [3.63, 3.8) is 0 Å². The van der Waals surface area contributed by atoms with E-state index in [4.69, 9.17) is 23.3 Å². The van der Waals surface area contributed by atoms with Gasteiger partial charge in [-0.15, -0.1) is 0 Å². The second-order valence-corrected chi connectivity index (χ2v) is 13.9. The Hall–Kier alpha value is -0.785. The zero-order valence-electron chi connectivity index (χ0n) is 12.8. The van der Waals surface area contributed by atoms with E-state index in [1.165, 1.54) is 14.2 Å². The molecule has 9 heteroatoms. The van der Waals surface area contributed by atoms with Gasteiger partial charge in [-0.2, -0.15) is 0 Å². The molecule has 0 heterocycles. The van der Waals surface area contributed by atoms with Crippen LogP contribution in [0.1, 0.15) is 0 Å². The number of carbonyl (C=O) groups is 2. The summed E-state index contributed by atoms with van der Waals surface area (Å²) in [6, 6.07) is -0.146. The zero-order valence-corrected chi connectivity index (χ0v) is 19.1. The molecule has 0 unspecified atom stereocenters. The van der Waals surface area contributed by atoms with Gasteiger partial charge in [0.05, 0.1) is 0 Å². The first-order valence-corrected chi connectivity index (χ1v) is 17.5. The van der Waals surface area contributed by atoms with Crippen molar-refractivity contribution < 1.29 is 42.4 Å². The van der Waals surface area contributed by atoms with Gasteiger partial charge in [0.2, 0.25) is 0 Å². The van der Waals surface area contributed by atoms with Crippen LogP contribution in [0.2, 0.25) is 3.43 Å². The summed E-state index contributed by atoms with van der Waals surface area (Å²) in [6.45, 7) is 0. The average molecular weight is 526 g/mol. The Labute approximate surface area is 149 Å². The summed E-state index contributed by atoms with van der Waals surface area (Å²) >= 11 is -1.69. The Morgan fingerprint density at radius 1 is 1.13 bits per heavy atom. The van der Waals surface area contributed by atoms with E-state index in [1.54, 1.807) is 0 Å². The molecule has 0 N–H and O–H groups in total. The number of esters is 2. The molecule has 2 saturated carbocycles. The van der Waals surface area contributed by atoms with Crippen LogP contribution in [0.4, 0.5) is 0 Å². The number of fused-ring (bicyclic) bond motifs is 1. The molecule has 4 aliphatic carbocycles. The Kier molecular flexibility index (Phi) is 4.90. The van der Waals surface area contributed by atoms with Crippen molar-refractivity contribution >= 4 is 20.2 Å². The number of hydrogen-bond donors (Lipinski definition) is 0. The fourth-order valence-electron chi connectivity index (χ4n) is 4.91. The maximum atomic E-state index is 12.3. The number of carbonyl (C=O) groups excluding carboxylic acids is 2. The summed E-state index contributed by atoms with van der Waals surface area (Å²) in [5.74, 6) is -1.84. The topological polar surface area (TPSA) is 101 Å². The standard InChI is InChI=1S/C14H16N3O4.ClH.Hg/c1-20-13(18)11-6-3-4-7(12(11)14(19)21-2)10-8(6)5-9(10)16-17-15;;/h3-12H,1-2H3;1H;/q;;+1/p-1/t6-,7+,8+,9+,10-,11-,12+;;/m1../s1. The van der Waals surface area contributed by atoms with E-state index in [0.29, 0.717) is 0 Å². The zero-order chi connectivity index (χ0) is 16.7. The van der Waals surface area contributed by atoms with Gasteiger partial charge in [0.1, 0.15) is 0 Å². The number of rotatable bonds is 4. The first-order valence-electron chi connectivity index (χ1n) is 7.54. The number of hydrogen-bond acceptors (Lipinski definition) is 5. The van der Waals surface area contributed by atoms with Crippen LogP contribution >= 0.6 is 8.25 Å². The van der Waals surface area contributed by atoms with Crippen LogP contribution in [0.3, 0.4) is 0 Å². The molecular formula is C14H16ClHgN3O4. The first-order chi connectivity index (χ1) is 11.1. The van der Waals surface area contributed by atoms with Gasteiger partial charge in [0.25, 0.3) is 0 Å². The van der Waals surface area contributed by atoms with Crippen LogP contribution in [0.5, 0.6) is 0 Å². The Bertz CT molecular complexity index is 609. The van der Waals surface area contributed by atoms with E-state index in [2.05, 4.69) is 10.0 Å². The number of halogens is 1. The number of nitrogens with zero attached hydrogens (tertiary/aromatic N) is 3. The Morgan fingerprint density at radius 2 is 1.65 bits per heavy atom. The number of ether oxygens (including phenoxy) is 2. The molecule has 0 aromatic rings. The number of methoxy groups -OCH3 is 2. The van der Waals surface area contributed by atoms with Gasteiger partial charge < -0.3 is 0 Å². The van der Waals surface area contributed by atoms with Gasteiger partial charge in [0, 0.05) is 0 Å². The van der Waals surface area contributed by atoms with Gasteiger partial charge in [-0.25, -0.2) is 0 Å². The van der Waals surface area contributed by atoms with E-state index in [1.807, 2.05) is 12.2 Å². The minimum atomic E-state index is -1.69. The molecule has 23 heavy (non-hydrogen) atoms. The molecule has 4 rings (SSSR count). The fraction of sp³-hybridized carbons (Fsp3) is 0.714. The molecule has 2 bridgehead atoms. The summed E-state index contributed by atoms with van der Waals surface area (Å²) in [7, 11) is 8.95. The normalized spacial score (nSPS) is 42.6. The minimum absolute atomic E-state index is 0.0784. The summed E-state index contributed by atoms with van der Waals surface area (Å²) in [4.78, 5) is 27.6. The van der Waals surface area contributed by atoms with E-state index in [0.717, 1.165) is 0 Å². The molecule has 0 aromatic heterocycles. The molecule has 7 nitrogen and oxygen atoms in total. The Morgan fingerprint density at radius 3 is 2.09 bits per heavy atom. The molecule has 4 aliphatic rings. The molecular weight excluding hydrogens is 510 g/mol. The van der Waals surface area contributed by atoms with Crippen LogP contribution < -0.4 is 0 Å². The molecule has 0 radical (unpaired) electrons. The number of azide groups is 1. The van der Waals surface area contributed by atoms with Crippen molar-refractivity contribution in [2.24, 2.45) is 40.6 Å². The van der Waals surface area contributed by atoms with Crippen molar-refractivity contribution in [1.29, 1.82) is 0 Å². The third kappa shape index (κ3) is 2.39. The van der Waals surface area contributed by atoms with Gasteiger partial charge in [-0.05, 0) is 0 Å². The molecule has 0 spiro atoms. The second-order valence-electron chi connectivity index (χ2n) is 6.31. The van der Waals surface area contributed by atoms with Crippen LogP contribution in [0.15, 0.2) is 17.3 Å². The molecule has 0 saturated heterocycles. The van der Waals surface area contributed by atoms with Crippen LogP contribution in [-0.4, -0.2) is 32.2 Å². The molecule has 0 aliphatic heterocycles. The van der Waals surface area contributed by atoms with Crippen LogP contribution in [-0.2, 0) is 42.4 Å². The van der Waals surface area contributed by atoms with Gasteiger partial charge in [0.15, 0.2) is 0 Å². The van der Waals surface area contributed by atoms with Crippen molar-refractivity contribution in [2.45, 2.75) is 9.47 Å². The van der Waals surface area contributed by atoms with Gasteiger partial charge >= 0.3 is 149 Å². The molecule has 120 valence electrons. The van der Waals surface area contributed by atoms with Gasteiger partial charge in [-0.3, -0.25) is 0 Å². The molecule has 0 aromatic carbocycles. The van der Waals surface area contributed by atoms with Crippen molar-refractivity contribution in [3.8, 4) is 0 Å². The van der Waals surface area contributed by atoms with E-state index in [-0.39, 0.29) is 39.1 Å². The van der Waals surface area contributed by atoms with Gasteiger partial charge in [-0.1, -0.05) is 0 Å². The first kappa shape index (κ1) is 17.1. The van der Waals surface area contributed by atoms with Crippen molar-refractivity contribution in [3.05, 3.63) is 22.6 Å². The van der Waals surface area contributed by atoms with Crippen LogP contribution in [0, 0.1) is 35.5 Å². The maximum absolute atomic E-state index is 12.3. The summed E-state index contributed by atoms with van der Waals surface area (Å²) < 4.78 is 10.1. The summed E-state index contributed by atoms with van der Waals surface area (Å²) in [5.41, 5.74) is 8.83. The van der Waals surface area contributed by atoms with E-state index in [9.17, 15) is 9.59 Å². The second kappa shape index (κ2) is 6.61. The average Bonchev–Trinajstić information content (AvgIpc) is 2.57. The monoisotopic (exact) mass is 527 g/mol.